The Morgan fingerprint density at radius 3 is 2.82 bits per heavy atom. The number of nitrogens with one attached hydrogen (secondary N) is 3. The summed E-state index contributed by atoms with van der Waals surface area (Å²) in [5, 5.41) is 7.71. The van der Waals surface area contributed by atoms with Crippen molar-refractivity contribution >= 4 is 27.3 Å². The van der Waals surface area contributed by atoms with Gasteiger partial charge in [0.2, 0.25) is 5.91 Å². The molecule has 0 spiro atoms. The molecule has 1 aliphatic rings. The monoisotopic (exact) mass is 346 g/mol. The number of hydrogen-bond acceptors (Lipinski definition) is 6. The Kier molecular flexibility index (Phi) is 6.77. The summed E-state index contributed by atoms with van der Waals surface area (Å²) < 4.78 is 26.2. The summed E-state index contributed by atoms with van der Waals surface area (Å²) in [7, 11) is -3.57. The van der Waals surface area contributed by atoms with Crippen molar-refractivity contribution in [3.05, 3.63) is 17.5 Å². The molecule has 9 heteroatoms. The maximum atomic E-state index is 11.8. The van der Waals surface area contributed by atoms with Gasteiger partial charge in [-0.1, -0.05) is 6.07 Å². The second-order valence-corrected chi connectivity index (χ2v) is 7.99. The number of hydrogen-bond donors (Lipinski definition) is 3. The van der Waals surface area contributed by atoms with Crippen LogP contribution in [0.1, 0.15) is 6.42 Å². The first kappa shape index (κ1) is 17.4. The van der Waals surface area contributed by atoms with E-state index in [1.807, 2.05) is 0 Å². The van der Waals surface area contributed by atoms with Crippen LogP contribution in [0.2, 0.25) is 0 Å². The van der Waals surface area contributed by atoms with Crippen molar-refractivity contribution in [2.75, 3.05) is 45.8 Å². The molecule has 0 bridgehead atoms. The van der Waals surface area contributed by atoms with Gasteiger partial charge in [0, 0.05) is 32.7 Å². The molecular formula is C13H22N4O3S2. The van der Waals surface area contributed by atoms with E-state index in [1.54, 1.807) is 11.4 Å². The van der Waals surface area contributed by atoms with Gasteiger partial charge in [0.15, 0.2) is 0 Å². The molecule has 1 saturated heterocycles. The SMILES string of the molecule is O=C(CNS(=O)(=O)c1cccs1)NCCCN1CCNCC1. The van der Waals surface area contributed by atoms with Gasteiger partial charge in [-0.05, 0) is 24.4 Å². The van der Waals surface area contributed by atoms with E-state index in [0.717, 1.165) is 50.5 Å². The molecule has 1 aliphatic heterocycles. The molecule has 3 N–H and O–H groups in total. The molecule has 124 valence electrons. The fourth-order valence-corrected chi connectivity index (χ4v) is 4.20. The van der Waals surface area contributed by atoms with E-state index < -0.39 is 10.0 Å². The minimum atomic E-state index is -3.57. The van der Waals surface area contributed by atoms with Crippen molar-refractivity contribution in [2.24, 2.45) is 0 Å². The zero-order valence-corrected chi connectivity index (χ0v) is 14.0. The standard InChI is InChI=1S/C13H22N4O3S2/c18-12(11-16-22(19,20)13-3-1-10-21-13)15-4-2-7-17-8-5-14-6-9-17/h1,3,10,14,16H,2,4-9,11H2,(H,15,18). The van der Waals surface area contributed by atoms with Crippen LogP contribution >= 0.6 is 11.3 Å². The maximum absolute atomic E-state index is 11.8. The molecule has 1 aromatic rings. The van der Waals surface area contributed by atoms with Gasteiger partial charge in [-0.15, -0.1) is 11.3 Å². The van der Waals surface area contributed by atoms with E-state index >= 15 is 0 Å². The van der Waals surface area contributed by atoms with E-state index in [-0.39, 0.29) is 16.7 Å². The van der Waals surface area contributed by atoms with Crippen LogP contribution < -0.4 is 15.4 Å². The molecule has 1 aromatic heterocycles. The van der Waals surface area contributed by atoms with Crippen LogP contribution in [-0.4, -0.2) is 65.0 Å². The molecular weight excluding hydrogens is 324 g/mol. The normalized spacial score (nSPS) is 16.5. The van der Waals surface area contributed by atoms with Crippen molar-refractivity contribution in [3.63, 3.8) is 0 Å². The highest BCUT2D eigenvalue weighted by Crippen LogP contribution is 2.14. The van der Waals surface area contributed by atoms with Crippen LogP contribution in [0.25, 0.3) is 0 Å². The highest BCUT2D eigenvalue weighted by molar-refractivity contribution is 7.91. The Morgan fingerprint density at radius 1 is 1.36 bits per heavy atom. The predicted molar refractivity (Wildman–Crippen MR) is 86.4 cm³/mol. The Hall–Kier alpha value is -1.00. The number of carbonyl (C=O) groups is 1. The third-order valence-corrected chi connectivity index (χ3v) is 6.16. The fraction of sp³-hybridized carbons (Fsp3) is 0.615. The van der Waals surface area contributed by atoms with Crippen LogP contribution in [0, 0.1) is 0 Å². The Bertz CT molecular complexity index is 554. The van der Waals surface area contributed by atoms with Gasteiger partial charge in [0.1, 0.15) is 4.21 Å². The van der Waals surface area contributed by atoms with E-state index in [1.165, 1.54) is 6.07 Å². The van der Waals surface area contributed by atoms with Crippen LogP contribution in [0.3, 0.4) is 0 Å². The molecule has 0 aliphatic carbocycles. The number of piperazine rings is 1. The van der Waals surface area contributed by atoms with Crippen molar-refractivity contribution in [2.45, 2.75) is 10.6 Å². The fourth-order valence-electron chi connectivity index (χ4n) is 2.18. The van der Waals surface area contributed by atoms with Gasteiger partial charge in [-0.3, -0.25) is 4.79 Å². The Balaban J connectivity index is 1.60. The zero-order chi connectivity index (χ0) is 15.8. The lowest BCUT2D eigenvalue weighted by atomic mass is 10.3. The highest BCUT2D eigenvalue weighted by Gasteiger charge is 2.16. The second-order valence-electron chi connectivity index (χ2n) is 5.05. The van der Waals surface area contributed by atoms with E-state index in [0.29, 0.717) is 6.54 Å². The number of thiophene rings is 1. The minimum absolute atomic E-state index is 0.221. The molecule has 1 amide bonds. The van der Waals surface area contributed by atoms with E-state index in [2.05, 4.69) is 20.3 Å². The quantitative estimate of drug-likeness (QED) is 0.549. The summed E-state index contributed by atoms with van der Waals surface area (Å²) in [6.07, 6.45) is 0.864. The number of sulfonamides is 1. The van der Waals surface area contributed by atoms with Crippen LogP contribution in [0.15, 0.2) is 21.7 Å². The molecule has 0 unspecified atom stereocenters. The summed E-state index contributed by atoms with van der Waals surface area (Å²) in [5.41, 5.74) is 0. The molecule has 0 aromatic carbocycles. The van der Waals surface area contributed by atoms with E-state index in [9.17, 15) is 13.2 Å². The number of rotatable bonds is 8. The molecule has 2 heterocycles. The van der Waals surface area contributed by atoms with Gasteiger partial charge < -0.3 is 15.5 Å². The lowest BCUT2D eigenvalue weighted by Crippen LogP contribution is -2.44. The first-order chi connectivity index (χ1) is 10.6. The van der Waals surface area contributed by atoms with Crippen molar-refractivity contribution < 1.29 is 13.2 Å². The summed E-state index contributed by atoms with van der Waals surface area (Å²) in [4.78, 5) is 14.0. The molecule has 1 fully saturated rings. The van der Waals surface area contributed by atoms with Crippen LogP contribution in [-0.2, 0) is 14.8 Å². The Morgan fingerprint density at radius 2 is 2.14 bits per heavy atom. The highest BCUT2D eigenvalue weighted by atomic mass is 32.2. The molecule has 7 nitrogen and oxygen atoms in total. The lowest BCUT2D eigenvalue weighted by Gasteiger charge is -2.27. The third-order valence-electron chi connectivity index (χ3n) is 3.37. The minimum Gasteiger partial charge on any atom is -0.355 e. The van der Waals surface area contributed by atoms with Crippen LogP contribution in [0.5, 0.6) is 0 Å². The molecule has 2 rings (SSSR count). The number of carbonyl (C=O) groups excluding carboxylic acids is 1. The van der Waals surface area contributed by atoms with Crippen molar-refractivity contribution in [3.8, 4) is 0 Å². The van der Waals surface area contributed by atoms with E-state index in [4.69, 9.17) is 0 Å². The smallest absolute Gasteiger partial charge is 0.250 e. The third kappa shape index (κ3) is 5.65. The Labute approximate surface area is 135 Å². The summed E-state index contributed by atoms with van der Waals surface area (Å²) in [5.74, 6) is -0.305. The number of amides is 1. The molecule has 0 radical (unpaired) electrons. The van der Waals surface area contributed by atoms with Crippen molar-refractivity contribution in [1.82, 2.24) is 20.3 Å². The first-order valence-electron chi connectivity index (χ1n) is 7.31. The topological polar surface area (TPSA) is 90.5 Å². The first-order valence-corrected chi connectivity index (χ1v) is 9.67. The molecule has 0 saturated carbocycles. The largest absolute Gasteiger partial charge is 0.355 e. The average molecular weight is 346 g/mol. The average Bonchev–Trinajstić information content (AvgIpc) is 3.06. The van der Waals surface area contributed by atoms with Crippen LogP contribution in [0.4, 0.5) is 0 Å². The van der Waals surface area contributed by atoms with Crippen molar-refractivity contribution in [1.29, 1.82) is 0 Å². The van der Waals surface area contributed by atoms with Gasteiger partial charge in [0.25, 0.3) is 10.0 Å². The predicted octanol–water partition coefficient (Wildman–Crippen LogP) is -0.562. The van der Waals surface area contributed by atoms with Gasteiger partial charge in [0.05, 0.1) is 6.54 Å². The second kappa shape index (κ2) is 8.59. The van der Waals surface area contributed by atoms with Gasteiger partial charge in [-0.2, -0.15) is 0 Å². The van der Waals surface area contributed by atoms with Gasteiger partial charge in [-0.25, -0.2) is 13.1 Å². The zero-order valence-electron chi connectivity index (χ0n) is 12.4. The molecule has 22 heavy (non-hydrogen) atoms. The lowest BCUT2D eigenvalue weighted by molar-refractivity contribution is -0.119. The summed E-state index contributed by atoms with van der Waals surface area (Å²) >= 11 is 1.13. The molecule has 0 atom stereocenters. The number of nitrogens with zero attached hydrogens (tertiary/aromatic N) is 1. The maximum Gasteiger partial charge on any atom is 0.250 e. The summed E-state index contributed by atoms with van der Waals surface area (Å²) in [6, 6.07) is 3.17. The summed E-state index contributed by atoms with van der Waals surface area (Å²) in [6.45, 7) is 5.37. The van der Waals surface area contributed by atoms with Gasteiger partial charge >= 0.3 is 0 Å².